The highest BCUT2D eigenvalue weighted by Gasteiger charge is 2.15. The molecule has 0 saturated heterocycles. The van der Waals surface area contributed by atoms with Crippen LogP contribution in [0, 0.1) is 0 Å². The van der Waals surface area contributed by atoms with Crippen molar-refractivity contribution in [2.24, 2.45) is 0 Å². The van der Waals surface area contributed by atoms with Gasteiger partial charge in [-0.2, -0.15) is 9.97 Å². The number of rotatable bonds is 8. The third kappa shape index (κ3) is 4.10. The fourth-order valence-corrected chi connectivity index (χ4v) is 2.07. The third-order valence-electron chi connectivity index (χ3n) is 3.56. The van der Waals surface area contributed by atoms with E-state index < -0.39 is 6.10 Å². The fourth-order valence-electron chi connectivity index (χ4n) is 2.07. The minimum atomic E-state index is -0.496. The zero-order valence-electron chi connectivity index (χ0n) is 14.8. The predicted octanol–water partition coefficient (Wildman–Crippen LogP) is 1.51. The molecule has 0 aliphatic carbocycles. The van der Waals surface area contributed by atoms with Crippen LogP contribution in [0.4, 0.5) is 23.5 Å². The van der Waals surface area contributed by atoms with Crippen LogP contribution in [0.1, 0.15) is 27.2 Å². The molecular formula is C15H26N8O. The Balaban J connectivity index is 2.51. The van der Waals surface area contributed by atoms with Gasteiger partial charge in [0, 0.05) is 26.7 Å². The second-order valence-corrected chi connectivity index (χ2v) is 5.67. The SMILES string of the molecule is CC[C@H](C)Nc1nc(NC)c2nc(NC[C@H](C)O)nc(NC)c2n1. The highest BCUT2D eigenvalue weighted by atomic mass is 16.3. The molecule has 0 unspecified atom stereocenters. The van der Waals surface area contributed by atoms with Crippen LogP contribution in [0.15, 0.2) is 0 Å². The minimum absolute atomic E-state index is 0.262. The summed E-state index contributed by atoms with van der Waals surface area (Å²) in [6.45, 7) is 6.23. The van der Waals surface area contributed by atoms with Gasteiger partial charge in [-0.15, -0.1) is 0 Å². The van der Waals surface area contributed by atoms with Crippen LogP contribution in [-0.4, -0.2) is 57.8 Å². The van der Waals surface area contributed by atoms with E-state index in [1.807, 2.05) is 0 Å². The summed E-state index contributed by atoms with van der Waals surface area (Å²) in [5, 5.41) is 21.8. The number of nitrogens with one attached hydrogen (secondary N) is 4. The van der Waals surface area contributed by atoms with Gasteiger partial charge in [-0.25, -0.2) is 9.97 Å². The van der Waals surface area contributed by atoms with Crippen LogP contribution in [0.5, 0.6) is 0 Å². The molecule has 0 bridgehead atoms. The van der Waals surface area contributed by atoms with Gasteiger partial charge in [0.2, 0.25) is 11.9 Å². The molecule has 132 valence electrons. The van der Waals surface area contributed by atoms with E-state index >= 15 is 0 Å². The molecule has 0 aliphatic rings. The summed E-state index contributed by atoms with van der Waals surface area (Å²) in [5.41, 5.74) is 1.24. The Labute approximate surface area is 141 Å². The molecule has 0 spiro atoms. The lowest BCUT2D eigenvalue weighted by Crippen LogP contribution is -2.18. The molecule has 9 nitrogen and oxygen atoms in total. The molecule has 9 heteroatoms. The average Bonchev–Trinajstić information content (AvgIpc) is 2.58. The van der Waals surface area contributed by atoms with Crippen molar-refractivity contribution in [3.63, 3.8) is 0 Å². The topological polar surface area (TPSA) is 120 Å². The first-order valence-electron chi connectivity index (χ1n) is 8.12. The minimum Gasteiger partial charge on any atom is -0.392 e. The molecule has 0 aliphatic heterocycles. The maximum absolute atomic E-state index is 9.42. The standard InChI is InChI=1S/C15H26N8O/c1-6-8(2)19-15-21-11-10(13(17-5)23-15)20-14(18-7-9(3)24)22-12(11)16-4/h8-9,24H,6-7H2,1-5H3,(H2,16,18,20,22)(H2,17,19,21,23)/t8-,9-/m0/s1. The van der Waals surface area contributed by atoms with Crippen LogP contribution < -0.4 is 21.3 Å². The van der Waals surface area contributed by atoms with Gasteiger partial charge in [-0.3, -0.25) is 0 Å². The molecule has 0 aromatic carbocycles. The molecule has 2 atom stereocenters. The zero-order chi connectivity index (χ0) is 17.7. The first-order valence-corrected chi connectivity index (χ1v) is 8.12. The van der Waals surface area contributed by atoms with Crippen LogP contribution in [0.3, 0.4) is 0 Å². The zero-order valence-corrected chi connectivity index (χ0v) is 14.8. The summed E-state index contributed by atoms with van der Waals surface area (Å²) in [4.78, 5) is 17.9. The highest BCUT2D eigenvalue weighted by Crippen LogP contribution is 2.26. The van der Waals surface area contributed by atoms with Gasteiger partial charge in [0.15, 0.2) is 11.6 Å². The van der Waals surface area contributed by atoms with Gasteiger partial charge < -0.3 is 26.4 Å². The molecule has 2 rings (SSSR count). The van der Waals surface area contributed by atoms with E-state index in [1.165, 1.54) is 0 Å². The van der Waals surface area contributed by atoms with Gasteiger partial charge in [-0.05, 0) is 20.3 Å². The molecule has 2 aromatic heterocycles. The van der Waals surface area contributed by atoms with Crippen LogP contribution in [0.2, 0.25) is 0 Å². The third-order valence-corrected chi connectivity index (χ3v) is 3.56. The summed E-state index contributed by atoms with van der Waals surface area (Å²) in [7, 11) is 3.57. The second kappa shape index (κ2) is 7.91. The number of aromatic nitrogens is 4. The molecule has 2 heterocycles. The smallest absolute Gasteiger partial charge is 0.225 e. The molecule has 0 saturated carbocycles. The molecular weight excluding hydrogens is 308 g/mol. The van der Waals surface area contributed by atoms with Gasteiger partial charge in [0.1, 0.15) is 11.0 Å². The van der Waals surface area contributed by atoms with E-state index in [0.717, 1.165) is 6.42 Å². The van der Waals surface area contributed by atoms with Crippen molar-refractivity contribution in [1.29, 1.82) is 0 Å². The Bertz CT molecular complexity index is 691. The van der Waals surface area contributed by atoms with Crippen molar-refractivity contribution in [1.82, 2.24) is 19.9 Å². The van der Waals surface area contributed by atoms with E-state index in [1.54, 1.807) is 21.0 Å². The summed E-state index contributed by atoms with van der Waals surface area (Å²) >= 11 is 0. The number of aliphatic hydroxyl groups excluding tert-OH is 1. The number of hydrogen-bond acceptors (Lipinski definition) is 9. The van der Waals surface area contributed by atoms with Crippen molar-refractivity contribution in [3.05, 3.63) is 0 Å². The van der Waals surface area contributed by atoms with E-state index in [-0.39, 0.29) is 6.04 Å². The number of hydrogen-bond donors (Lipinski definition) is 5. The Morgan fingerprint density at radius 2 is 1.46 bits per heavy atom. The number of aliphatic hydroxyl groups is 1. The van der Waals surface area contributed by atoms with Gasteiger partial charge in [0.25, 0.3) is 0 Å². The second-order valence-electron chi connectivity index (χ2n) is 5.67. The van der Waals surface area contributed by atoms with Crippen molar-refractivity contribution in [3.8, 4) is 0 Å². The highest BCUT2D eigenvalue weighted by molar-refractivity contribution is 5.94. The lowest BCUT2D eigenvalue weighted by Gasteiger charge is -2.15. The van der Waals surface area contributed by atoms with Crippen molar-refractivity contribution >= 4 is 34.6 Å². The van der Waals surface area contributed by atoms with Gasteiger partial charge in [0.05, 0.1) is 6.10 Å². The number of nitrogens with zero attached hydrogens (tertiary/aromatic N) is 4. The molecule has 24 heavy (non-hydrogen) atoms. The average molecular weight is 334 g/mol. The van der Waals surface area contributed by atoms with Crippen molar-refractivity contribution in [2.45, 2.75) is 39.3 Å². The van der Waals surface area contributed by atoms with Crippen LogP contribution >= 0.6 is 0 Å². The number of anilines is 4. The normalized spacial score (nSPS) is 13.4. The van der Waals surface area contributed by atoms with Crippen LogP contribution in [0.25, 0.3) is 11.0 Å². The monoisotopic (exact) mass is 334 g/mol. The van der Waals surface area contributed by atoms with E-state index in [2.05, 4.69) is 55.1 Å². The lowest BCUT2D eigenvalue weighted by molar-refractivity contribution is 0.208. The Hall–Kier alpha value is -2.42. The maximum atomic E-state index is 9.42. The maximum Gasteiger partial charge on any atom is 0.225 e. The molecule has 0 fully saturated rings. The largest absolute Gasteiger partial charge is 0.392 e. The first-order chi connectivity index (χ1) is 11.5. The first kappa shape index (κ1) is 17.9. The molecule has 0 amide bonds. The van der Waals surface area contributed by atoms with E-state index in [9.17, 15) is 5.11 Å². The van der Waals surface area contributed by atoms with E-state index in [0.29, 0.717) is 41.1 Å². The van der Waals surface area contributed by atoms with Crippen molar-refractivity contribution < 1.29 is 5.11 Å². The number of fused-ring (bicyclic) bond motifs is 1. The summed E-state index contributed by atoms with van der Waals surface area (Å²) in [6.07, 6.45) is 0.470. The quantitative estimate of drug-likeness (QED) is 0.489. The molecule has 2 aromatic rings. The fraction of sp³-hybridized carbons (Fsp3) is 0.600. The van der Waals surface area contributed by atoms with Gasteiger partial charge >= 0.3 is 0 Å². The summed E-state index contributed by atoms with van der Waals surface area (Å²) in [5.74, 6) is 2.16. The lowest BCUT2D eigenvalue weighted by atomic mass is 10.3. The van der Waals surface area contributed by atoms with E-state index in [4.69, 9.17) is 0 Å². The van der Waals surface area contributed by atoms with Crippen LogP contribution in [-0.2, 0) is 0 Å². The Morgan fingerprint density at radius 3 is 1.96 bits per heavy atom. The molecule has 0 radical (unpaired) electrons. The Morgan fingerprint density at radius 1 is 0.917 bits per heavy atom. The Kier molecular flexibility index (Phi) is 5.91. The van der Waals surface area contributed by atoms with Crippen molar-refractivity contribution in [2.75, 3.05) is 41.9 Å². The summed E-state index contributed by atoms with van der Waals surface area (Å²) < 4.78 is 0. The summed E-state index contributed by atoms with van der Waals surface area (Å²) in [6, 6.07) is 0.262. The van der Waals surface area contributed by atoms with Gasteiger partial charge in [-0.1, -0.05) is 6.92 Å². The predicted molar refractivity (Wildman–Crippen MR) is 97.8 cm³/mol. The molecule has 5 N–H and O–H groups in total.